The smallest absolute Gasteiger partial charge is 0.259 e. The van der Waals surface area contributed by atoms with Gasteiger partial charge in [0.15, 0.2) is 0 Å². The predicted octanol–water partition coefficient (Wildman–Crippen LogP) is 4.43. The first-order chi connectivity index (χ1) is 14.2. The summed E-state index contributed by atoms with van der Waals surface area (Å²) in [6.07, 6.45) is 6.84. The van der Waals surface area contributed by atoms with E-state index in [-0.39, 0.29) is 5.91 Å². The van der Waals surface area contributed by atoms with Crippen molar-refractivity contribution in [3.05, 3.63) is 96.1 Å². The summed E-state index contributed by atoms with van der Waals surface area (Å²) in [5, 5.41) is 7.93. The quantitative estimate of drug-likeness (QED) is 0.517. The van der Waals surface area contributed by atoms with Crippen molar-refractivity contribution in [1.29, 1.82) is 0 Å². The van der Waals surface area contributed by atoms with E-state index in [2.05, 4.69) is 20.4 Å². The average Bonchev–Trinajstić information content (AvgIpc) is 3.17. The summed E-state index contributed by atoms with van der Waals surface area (Å²) in [5.74, 6) is 0.408. The minimum absolute atomic E-state index is 0.218. The van der Waals surface area contributed by atoms with Gasteiger partial charge in [-0.05, 0) is 48.9 Å². The van der Waals surface area contributed by atoms with Crippen molar-refractivity contribution in [3.8, 4) is 0 Å². The Hall–Kier alpha value is -3.45. The highest BCUT2D eigenvalue weighted by atomic mass is 32.2. The van der Waals surface area contributed by atoms with E-state index in [1.54, 1.807) is 47.7 Å². The number of nitrogens with zero attached hydrogens (tertiary/aromatic N) is 4. The molecule has 0 radical (unpaired) electrons. The molecule has 6 nitrogen and oxygen atoms in total. The van der Waals surface area contributed by atoms with Gasteiger partial charge >= 0.3 is 0 Å². The fraction of sp³-hybridized carbons (Fsp3) is 0.0909. The maximum absolute atomic E-state index is 13.0. The Morgan fingerprint density at radius 2 is 1.79 bits per heavy atom. The highest BCUT2D eigenvalue weighted by Gasteiger charge is 2.15. The van der Waals surface area contributed by atoms with Gasteiger partial charge in [0.25, 0.3) is 5.91 Å². The van der Waals surface area contributed by atoms with Crippen molar-refractivity contribution in [1.82, 2.24) is 19.7 Å². The molecular formula is C22H19N5OS. The van der Waals surface area contributed by atoms with Crippen LogP contribution in [0.25, 0.3) is 0 Å². The van der Waals surface area contributed by atoms with Gasteiger partial charge in [0.2, 0.25) is 0 Å². The molecule has 0 aliphatic rings. The first-order valence-corrected chi connectivity index (χ1v) is 9.92. The number of carbonyl (C=O) groups is 1. The number of anilines is 1. The lowest BCUT2D eigenvalue weighted by Crippen LogP contribution is -2.17. The second-order valence-corrected chi connectivity index (χ2v) is 7.52. The average molecular weight is 401 g/mol. The Labute approximate surface area is 173 Å². The van der Waals surface area contributed by atoms with Gasteiger partial charge in [-0.25, -0.2) is 9.67 Å². The van der Waals surface area contributed by atoms with E-state index in [0.29, 0.717) is 23.0 Å². The van der Waals surface area contributed by atoms with Crippen LogP contribution in [-0.4, -0.2) is 25.7 Å². The van der Waals surface area contributed by atoms with Crippen molar-refractivity contribution in [3.63, 3.8) is 0 Å². The molecule has 1 N–H and O–H groups in total. The van der Waals surface area contributed by atoms with Gasteiger partial charge in [-0.2, -0.15) is 5.10 Å². The largest absolute Gasteiger partial charge is 0.307 e. The van der Waals surface area contributed by atoms with Crippen LogP contribution in [0.2, 0.25) is 0 Å². The van der Waals surface area contributed by atoms with Crippen LogP contribution < -0.4 is 5.32 Å². The van der Waals surface area contributed by atoms with Gasteiger partial charge in [-0.3, -0.25) is 9.78 Å². The van der Waals surface area contributed by atoms with Crippen LogP contribution in [0.3, 0.4) is 0 Å². The fourth-order valence-corrected chi connectivity index (χ4v) is 3.65. The molecule has 4 rings (SSSR count). The molecule has 0 unspecified atom stereocenters. The monoisotopic (exact) mass is 401 g/mol. The van der Waals surface area contributed by atoms with Crippen LogP contribution in [0.4, 0.5) is 5.82 Å². The third-order valence-electron chi connectivity index (χ3n) is 4.29. The lowest BCUT2D eigenvalue weighted by atomic mass is 10.2. The zero-order valence-corrected chi connectivity index (χ0v) is 16.6. The van der Waals surface area contributed by atoms with Gasteiger partial charge in [0, 0.05) is 29.6 Å². The number of pyridine rings is 2. The minimum atomic E-state index is -0.218. The third-order valence-corrected chi connectivity index (χ3v) is 5.32. The Kier molecular flexibility index (Phi) is 5.67. The summed E-state index contributed by atoms with van der Waals surface area (Å²) < 4.78 is 1.75. The standard InChI is InChI=1S/C22H19N5OS/c1-16-4-6-18(7-5-16)29-22-19(3-2-11-24-22)21(28)26-20-10-14-25-27(20)15-17-8-12-23-13-9-17/h2-14H,15H2,1H3,(H,26,28). The van der Waals surface area contributed by atoms with Crippen LogP contribution in [0.1, 0.15) is 21.5 Å². The minimum Gasteiger partial charge on any atom is -0.307 e. The molecule has 0 aliphatic heterocycles. The zero-order chi connectivity index (χ0) is 20.1. The first-order valence-electron chi connectivity index (χ1n) is 9.10. The van der Waals surface area contributed by atoms with Gasteiger partial charge in [0.05, 0.1) is 18.3 Å². The van der Waals surface area contributed by atoms with E-state index in [9.17, 15) is 4.79 Å². The highest BCUT2D eigenvalue weighted by molar-refractivity contribution is 7.99. The van der Waals surface area contributed by atoms with E-state index in [1.807, 2.05) is 43.3 Å². The van der Waals surface area contributed by atoms with Crippen LogP contribution in [0.15, 0.2) is 89.3 Å². The topological polar surface area (TPSA) is 72.7 Å². The number of hydrogen-bond acceptors (Lipinski definition) is 5. The van der Waals surface area contributed by atoms with E-state index in [0.717, 1.165) is 10.5 Å². The summed E-state index contributed by atoms with van der Waals surface area (Å²) in [6.45, 7) is 2.59. The number of nitrogens with one attached hydrogen (secondary N) is 1. The molecular weight excluding hydrogens is 382 g/mol. The van der Waals surface area contributed by atoms with Crippen LogP contribution >= 0.6 is 11.8 Å². The van der Waals surface area contributed by atoms with Crippen LogP contribution in [-0.2, 0) is 6.54 Å². The summed E-state index contributed by atoms with van der Waals surface area (Å²) in [7, 11) is 0. The normalized spacial score (nSPS) is 10.7. The van der Waals surface area contributed by atoms with Crippen molar-refractivity contribution in [2.24, 2.45) is 0 Å². The van der Waals surface area contributed by atoms with E-state index < -0.39 is 0 Å². The van der Waals surface area contributed by atoms with Crippen molar-refractivity contribution in [2.75, 3.05) is 5.32 Å². The molecule has 0 saturated heterocycles. The second kappa shape index (κ2) is 8.70. The van der Waals surface area contributed by atoms with Crippen molar-refractivity contribution >= 4 is 23.5 Å². The molecule has 7 heteroatoms. The number of carbonyl (C=O) groups excluding carboxylic acids is 1. The molecule has 0 bridgehead atoms. The Balaban J connectivity index is 1.53. The van der Waals surface area contributed by atoms with Gasteiger partial charge in [-0.1, -0.05) is 29.5 Å². The molecule has 29 heavy (non-hydrogen) atoms. The Morgan fingerprint density at radius 3 is 2.59 bits per heavy atom. The molecule has 1 amide bonds. The summed E-state index contributed by atoms with van der Waals surface area (Å²) in [6, 6.07) is 17.3. The molecule has 0 aliphatic carbocycles. The maximum Gasteiger partial charge on any atom is 0.259 e. The van der Waals surface area contributed by atoms with Gasteiger partial charge in [-0.15, -0.1) is 0 Å². The summed E-state index contributed by atoms with van der Waals surface area (Å²) in [5.41, 5.74) is 2.77. The Morgan fingerprint density at radius 1 is 1.00 bits per heavy atom. The summed E-state index contributed by atoms with van der Waals surface area (Å²) >= 11 is 1.47. The molecule has 144 valence electrons. The number of aryl methyl sites for hydroxylation is 1. The van der Waals surface area contributed by atoms with E-state index in [1.165, 1.54) is 17.3 Å². The van der Waals surface area contributed by atoms with E-state index in [4.69, 9.17) is 0 Å². The highest BCUT2D eigenvalue weighted by Crippen LogP contribution is 2.29. The number of hydrogen-bond donors (Lipinski definition) is 1. The third kappa shape index (κ3) is 4.70. The molecule has 0 saturated carbocycles. The molecule has 4 aromatic rings. The molecule has 0 atom stereocenters. The van der Waals surface area contributed by atoms with Gasteiger partial charge in [0.1, 0.15) is 10.8 Å². The second-order valence-electron chi connectivity index (χ2n) is 6.45. The van der Waals surface area contributed by atoms with Gasteiger partial charge < -0.3 is 5.32 Å². The van der Waals surface area contributed by atoms with Crippen LogP contribution in [0, 0.1) is 6.92 Å². The maximum atomic E-state index is 13.0. The fourth-order valence-electron chi connectivity index (χ4n) is 2.77. The molecule has 3 aromatic heterocycles. The Bertz CT molecular complexity index is 1110. The number of benzene rings is 1. The van der Waals surface area contributed by atoms with Crippen molar-refractivity contribution < 1.29 is 4.79 Å². The lowest BCUT2D eigenvalue weighted by molar-refractivity contribution is 0.102. The SMILES string of the molecule is Cc1ccc(Sc2ncccc2C(=O)Nc2ccnn2Cc2ccncc2)cc1. The number of rotatable bonds is 6. The predicted molar refractivity (Wildman–Crippen MR) is 113 cm³/mol. The van der Waals surface area contributed by atoms with E-state index >= 15 is 0 Å². The summed E-state index contributed by atoms with van der Waals surface area (Å²) in [4.78, 5) is 22.4. The number of aromatic nitrogens is 4. The van der Waals surface area contributed by atoms with Crippen LogP contribution in [0.5, 0.6) is 0 Å². The van der Waals surface area contributed by atoms with Crippen molar-refractivity contribution in [2.45, 2.75) is 23.4 Å². The lowest BCUT2D eigenvalue weighted by Gasteiger charge is -2.11. The molecule has 0 fully saturated rings. The number of amides is 1. The molecule has 3 heterocycles. The zero-order valence-electron chi connectivity index (χ0n) is 15.8. The molecule has 0 spiro atoms. The first kappa shape index (κ1) is 18.9. The molecule has 1 aromatic carbocycles.